The van der Waals surface area contributed by atoms with Crippen LogP contribution in [0.5, 0.6) is 0 Å². The maximum atomic E-state index is 11.6. The molecule has 1 amide bonds. The monoisotopic (exact) mass is 222 g/mol. The molecule has 5 nitrogen and oxygen atoms in total. The average molecular weight is 222 g/mol. The summed E-state index contributed by atoms with van der Waals surface area (Å²) < 4.78 is 0. The summed E-state index contributed by atoms with van der Waals surface area (Å²) in [6.45, 7) is 6.44. The molecule has 0 unspecified atom stereocenters. The minimum Gasteiger partial charge on any atom is -0.342 e. The number of amides is 1. The topological polar surface area (TPSA) is 58.1 Å². The van der Waals surface area contributed by atoms with E-state index in [1.54, 1.807) is 17.3 Å². The SMILES string of the molecule is CCN(CC)C(=O)CNCc1cncnc1. The zero-order valence-electron chi connectivity index (χ0n) is 9.81. The lowest BCUT2D eigenvalue weighted by Gasteiger charge is -2.18. The van der Waals surface area contributed by atoms with Gasteiger partial charge in [0.2, 0.25) is 5.91 Å². The number of carbonyl (C=O) groups excluding carboxylic acids is 1. The molecule has 0 radical (unpaired) electrons. The smallest absolute Gasteiger partial charge is 0.236 e. The maximum absolute atomic E-state index is 11.6. The summed E-state index contributed by atoms with van der Waals surface area (Å²) in [6.07, 6.45) is 4.97. The fourth-order valence-corrected chi connectivity index (χ4v) is 1.42. The number of nitrogens with one attached hydrogen (secondary N) is 1. The summed E-state index contributed by atoms with van der Waals surface area (Å²) in [5.74, 6) is 0.127. The number of aromatic nitrogens is 2. The number of likely N-dealkylation sites (N-methyl/N-ethyl adjacent to an activating group) is 1. The zero-order chi connectivity index (χ0) is 11.8. The van der Waals surface area contributed by atoms with Gasteiger partial charge in [0.25, 0.3) is 0 Å². The van der Waals surface area contributed by atoms with Gasteiger partial charge in [-0.05, 0) is 13.8 Å². The van der Waals surface area contributed by atoms with Gasteiger partial charge < -0.3 is 10.2 Å². The third-order valence-electron chi connectivity index (χ3n) is 2.34. The number of carbonyl (C=O) groups is 1. The second-order valence-corrected chi connectivity index (χ2v) is 3.42. The van der Waals surface area contributed by atoms with Crippen molar-refractivity contribution in [2.45, 2.75) is 20.4 Å². The van der Waals surface area contributed by atoms with Crippen molar-refractivity contribution in [1.82, 2.24) is 20.2 Å². The molecule has 1 aromatic heterocycles. The molecule has 16 heavy (non-hydrogen) atoms. The number of hydrogen-bond acceptors (Lipinski definition) is 4. The Bertz CT molecular complexity index is 311. The van der Waals surface area contributed by atoms with Gasteiger partial charge in [0.05, 0.1) is 6.54 Å². The van der Waals surface area contributed by atoms with Crippen molar-refractivity contribution in [2.24, 2.45) is 0 Å². The molecule has 0 aliphatic heterocycles. The highest BCUT2D eigenvalue weighted by Gasteiger charge is 2.07. The highest BCUT2D eigenvalue weighted by Crippen LogP contribution is 1.92. The van der Waals surface area contributed by atoms with Gasteiger partial charge in [-0.15, -0.1) is 0 Å². The fourth-order valence-electron chi connectivity index (χ4n) is 1.42. The van der Waals surface area contributed by atoms with Gasteiger partial charge in [-0.2, -0.15) is 0 Å². The first-order chi connectivity index (χ1) is 7.77. The molecule has 0 atom stereocenters. The summed E-state index contributed by atoms with van der Waals surface area (Å²) in [7, 11) is 0. The Kier molecular flexibility index (Phi) is 5.42. The molecule has 0 saturated carbocycles. The molecule has 1 heterocycles. The molecule has 5 heteroatoms. The molecule has 0 spiro atoms. The van der Waals surface area contributed by atoms with Gasteiger partial charge in [0.15, 0.2) is 0 Å². The summed E-state index contributed by atoms with van der Waals surface area (Å²) >= 11 is 0. The molecule has 0 aliphatic rings. The normalized spacial score (nSPS) is 10.1. The van der Waals surface area contributed by atoms with E-state index in [-0.39, 0.29) is 5.91 Å². The van der Waals surface area contributed by atoms with Crippen LogP contribution in [0.1, 0.15) is 19.4 Å². The van der Waals surface area contributed by atoms with E-state index >= 15 is 0 Å². The molecule has 1 rings (SSSR count). The molecule has 0 saturated heterocycles. The van der Waals surface area contributed by atoms with E-state index < -0.39 is 0 Å². The Hall–Kier alpha value is -1.49. The standard InChI is InChI=1S/C11H18N4O/c1-3-15(4-2)11(16)8-12-5-10-6-13-9-14-7-10/h6-7,9,12H,3-5,8H2,1-2H3. The highest BCUT2D eigenvalue weighted by atomic mass is 16.2. The average Bonchev–Trinajstić information content (AvgIpc) is 2.32. The van der Waals surface area contributed by atoms with Crippen LogP contribution in [0.25, 0.3) is 0 Å². The largest absolute Gasteiger partial charge is 0.342 e. The van der Waals surface area contributed by atoms with E-state index in [1.165, 1.54) is 6.33 Å². The lowest BCUT2D eigenvalue weighted by atomic mass is 10.3. The first-order valence-corrected chi connectivity index (χ1v) is 5.50. The zero-order valence-corrected chi connectivity index (χ0v) is 9.81. The third kappa shape index (κ3) is 3.94. The van der Waals surface area contributed by atoms with E-state index in [4.69, 9.17) is 0 Å². The summed E-state index contributed by atoms with van der Waals surface area (Å²) in [6, 6.07) is 0. The van der Waals surface area contributed by atoms with Crippen LogP contribution in [0.3, 0.4) is 0 Å². The van der Waals surface area contributed by atoms with Gasteiger partial charge in [0, 0.05) is 37.6 Å². The first-order valence-electron chi connectivity index (χ1n) is 5.50. The molecule has 0 aromatic carbocycles. The number of rotatable bonds is 6. The van der Waals surface area contributed by atoms with Gasteiger partial charge in [-0.25, -0.2) is 9.97 Å². The van der Waals surface area contributed by atoms with E-state index in [9.17, 15) is 4.79 Å². The minimum atomic E-state index is 0.127. The van der Waals surface area contributed by atoms with E-state index in [1.807, 2.05) is 13.8 Å². The molecular formula is C11H18N4O. The Balaban J connectivity index is 2.28. The third-order valence-corrected chi connectivity index (χ3v) is 2.34. The van der Waals surface area contributed by atoms with Crippen LogP contribution in [0.4, 0.5) is 0 Å². The van der Waals surface area contributed by atoms with E-state index in [2.05, 4.69) is 15.3 Å². The Morgan fingerprint density at radius 3 is 2.50 bits per heavy atom. The molecule has 0 bridgehead atoms. The second-order valence-electron chi connectivity index (χ2n) is 3.42. The van der Waals surface area contributed by atoms with Gasteiger partial charge >= 0.3 is 0 Å². The lowest BCUT2D eigenvalue weighted by Crippen LogP contribution is -2.37. The summed E-state index contributed by atoms with van der Waals surface area (Å²) in [4.78, 5) is 21.2. The molecule has 1 N–H and O–H groups in total. The van der Waals surface area contributed by atoms with Crippen molar-refractivity contribution >= 4 is 5.91 Å². The molecule has 88 valence electrons. The van der Waals surface area contributed by atoms with Crippen molar-refractivity contribution in [2.75, 3.05) is 19.6 Å². The van der Waals surface area contributed by atoms with Crippen LogP contribution in [0, 0.1) is 0 Å². The molecule has 0 aliphatic carbocycles. The van der Waals surface area contributed by atoms with Crippen molar-refractivity contribution in [3.63, 3.8) is 0 Å². The van der Waals surface area contributed by atoms with E-state index in [0.717, 1.165) is 18.7 Å². The van der Waals surface area contributed by atoms with Crippen LogP contribution in [-0.4, -0.2) is 40.4 Å². The van der Waals surface area contributed by atoms with E-state index in [0.29, 0.717) is 13.1 Å². The van der Waals surface area contributed by atoms with Crippen molar-refractivity contribution < 1.29 is 4.79 Å². The molecular weight excluding hydrogens is 204 g/mol. The van der Waals surface area contributed by atoms with Gasteiger partial charge in [-0.3, -0.25) is 4.79 Å². The predicted octanol–water partition coefficient (Wildman–Crippen LogP) is 0.435. The number of nitrogens with zero attached hydrogens (tertiary/aromatic N) is 3. The van der Waals surface area contributed by atoms with Crippen LogP contribution in [0.2, 0.25) is 0 Å². The number of hydrogen-bond donors (Lipinski definition) is 1. The van der Waals surface area contributed by atoms with Gasteiger partial charge in [-0.1, -0.05) is 0 Å². The maximum Gasteiger partial charge on any atom is 0.236 e. The molecule has 0 fully saturated rings. The van der Waals surface area contributed by atoms with Crippen molar-refractivity contribution in [1.29, 1.82) is 0 Å². The fraction of sp³-hybridized carbons (Fsp3) is 0.545. The van der Waals surface area contributed by atoms with Gasteiger partial charge in [0.1, 0.15) is 6.33 Å². The highest BCUT2D eigenvalue weighted by molar-refractivity contribution is 5.78. The van der Waals surface area contributed by atoms with Crippen molar-refractivity contribution in [3.8, 4) is 0 Å². The second kappa shape index (κ2) is 6.90. The summed E-state index contributed by atoms with van der Waals surface area (Å²) in [5.41, 5.74) is 0.981. The first kappa shape index (κ1) is 12.6. The predicted molar refractivity (Wildman–Crippen MR) is 61.7 cm³/mol. The van der Waals surface area contributed by atoms with Crippen LogP contribution >= 0.6 is 0 Å². The minimum absolute atomic E-state index is 0.127. The Morgan fingerprint density at radius 1 is 1.31 bits per heavy atom. The summed E-state index contributed by atoms with van der Waals surface area (Å²) in [5, 5.41) is 3.08. The van der Waals surface area contributed by atoms with Crippen LogP contribution in [0.15, 0.2) is 18.7 Å². The Morgan fingerprint density at radius 2 is 1.94 bits per heavy atom. The van der Waals surface area contributed by atoms with Crippen LogP contribution < -0.4 is 5.32 Å². The van der Waals surface area contributed by atoms with Crippen molar-refractivity contribution in [3.05, 3.63) is 24.3 Å². The molecule has 1 aromatic rings. The lowest BCUT2D eigenvalue weighted by molar-refractivity contribution is -0.129. The Labute approximate surface area is 95.9 Å². The quantitative estimate of drug-likeness (QED) is 0.758. The van der Waals surface area contributed by atoms with Crippen LogP contribution in [-0.2, 0) is 11.3 Å².